The van der Waals surface area contributed by atoms with Gasteiger partial charge in [-0.2, -0.15) is 0 Å². The Labute approximate surface area is 91.5 Å². The van der Waals surface area contributed by atoms with Crippen LogP contribution in [0.25, 0.3) is 0 Å². The van der Waals surface area contributed by atoms with Crippen molar-refractivity contribution in [3.63, 3.8) is 0 Å². The Morgan fingerprint density at radius 1 is 1.33 bits per heavy atom. The fourth-order valence-electron chi connectivity index (χ4n) is 2.55. The molecule has 15 heavy (non-hydrogen) atoms. The molecule has 0 aromatic rings. The van der Waals surface area contributed by atoms with Gasteiger partial charge in [0, 0.05) is 0 Å². The zero-order valence-electron chi connectivity index (χ0n) is 9.75. The summed E-state index contributed by atoms with van der Waals surface area (Å²) in [5, 5.41) is 19.4. The fraction of sp³-hybridized carbons (Fsp3) is 0.917. The highest BCUT2D eigenvalue weighted by Gasteiger charge is 2.43. The third-order valence-corrected chi connectivity index (χ3v) is 3.75. The van der Waals surface area contributed by atoms with E-state index in [2.05, 4.69) is 0 Å². The summed E-state index contributed by atoms with van der Waals surface area (Å²) >= 11 is 0. The average molecular weight is 214 g/mol. The quantitative estimate of drug-likeness (QED) is 0.756. The number of carbonyl (C=O) groups is 1. The smallest absolute Gasteiger partial charge is 0.309 e. The van der Waals surface area contributed by atoms with Crippen molar-refractivity contribution in [1.82, 2.24) is 0 Å². The van der Waals surface area contributed by atoms with E-state index in [-0.39, 0.29) is 0 Å². The van der Waals surface area contributed by atoms with Gasteiger partial charge < -0.3 is 10.2 Å². The van der Waals surface area contributed by atoms with Gasteiger partial charge in [0.15, 0.2) is 0 Å². The number of aliphatic carboxylic acids is 1. The molecule has 1 unspecified atom stereocenters. The monoisotopic (exact) mass is 214 g/mol. The van der Waals surface area contributed by atoms with E-state index in [9.17, 15) is 15.0 Å². The van der Waals surface area contributed by atoms with E-state index < -0.39 is 17.0 Å². The normalized spacial score (nSPS) is 24.5. The van der Waals surface area contributed by atoms with Gasteiger partial charge in [-0.1, -0.05) is 26.2 Å². The minimum absolute atomic E-state index is 0.395. The van der Waals surface area contributed by atoms with Crippen molar-refractivity contribution >= 4 is 5.97 Å². The van der Waals surface area contributed by atoms with Crippen LogP contribution >= 0.6 is 0 Å². The molecule has 1 atom stereocenters. The molecule has 0 heterocycles. The third-order valence-electron chi connectivity index (χ3n) is 3.75. The Morgan fingerprint density at radius 2 is 1.87 bits per heavy atom. The molecule has 1 fully saturated rings. The second-order valence-electron chi connectivity index (χ2n) is 5.17. The maximum Gasteiger partial charge on any atom is 0.309 e. The first-order chi connectivity index (χ1) is 6.92. The first-order valence-electron chi connectivity index (χ1n) is 5.88. The van der Waals surface area contributed by atoms with Gasteiger partial charge in [0.25, 0.3) is 0 Å². The molecule has 0 aromatic heterocycles. The van der Waals surface area contributed by atoms with Crippen molar-refractivity contribution in [3.8, 4) is 0 Å². The van der Waals surface area contributed by atoms with Crippen LogP contribution in [-0.2, 0) is 4.79 Å². The fourth-order valence-corrected chi connectivity index (χ4v) is 2.55. The molecule has 0 bridgehead atoms. The summed E-state index contributed by atoms with van der Waals surface area (Å²) in [5.41, 5.74) is -1.51. The number of rotatable bonds is 4. The summed E-state index contributed by atoms with van der Waals surface area (Å²) in [6, 6.07) is 0. The van der Waals surface area contributed by atoms with Crippen LogP contribution in [-0.4, -0.2) is 21.8 Å². The van der Waals surface area contributed by atoms with Crippen LogP contribution in [0.2, 0.25) is 0 Å². The van der Waals surface area contributed by atoms with Crippen LogP contribution in [0.3, 0.4) is 0 Å². The average Bonchev–Trinajstić information content (AvgIpc) is 2.18. The predicted molar refractivity (Wildman–Crippen MR) is 58.7 cm³/mol. The Hall–Kier alpha value is -0.570. The minimum atomic E-state index is -0.838. The number of hydrogen-bond acceptors (Lipinski definition) is 2. The molecule has 3 nitrogen and oxygen atoms in total. The van der Waals surface area contributed by atoms with E-state index in [4.69, 9.17) is 0 Å². The number of carboxylic acids is 1. The molecule has 1 saturated carbocycles. The summed E-state index contributed by atoms with van der Waals surface area (Å²) < 4.78 is 0. The first kappa shape index (κ1) is 12.5. The van der Waals surface area contributed by atoms with Gasteiger partial charge in [-0.05, 0) is 32.6 Å². The van der Waals surface area contributed by atoms with Gasteiger partial charge in [0.1, 0.15) is 0 Å². The molecular weight excluding hydrogens is 192 g/mol. The first-order valence-corrected chi connectivity index (χ1v) is 5.88. The molecule has 0 aliphatic heterocycles. The van der Waals surface area contributed by atoms with E-state index >= 15 is 0 Å². The summed E-state index contributed by atoms with van der Waals surface area (Å²) in [5.74, 6) is -0.726. The maximum atomic E-state index is 11.4. The van der Waals surface area contributed by atoms with Gasteiger partial charge in [-0.3, -0.25) is 4.79 Å². The van der Waals surface area contributed by atoms with Crippen LogP contribution in [0.4, 0.5) is 0 Å². The lowest BCUT2D eigenvalue weighted by molar-refractivity contribution is -0.156. The van der Waals surface area contributed by atoms with Gasteiger partial charge in [0.05, 0.1) is 11.0 Å². The third kappa shape index (κ3) is 2.94. The molecule has 0 aromatic carbocycles. The van der Waals surface area contributed by atoms with Gasteiger partial charge in [0.2, 0.25) is 0 Å². The Kier molecular flexibility index (Phi) is 3.77. The van der Waals surface area contributed by atoms with Gasteiger partial charge in [-0.15, -0.1) is 0 Å². The zero-order valence-corrected chi connectivity index (χ0v) is 9.75. The number of aliphatic hydroxyl groups is 1. The Morgan fingerprint density at radius 3 is 2.27 bits per heavy atom. The standard InChI is InChI=1S/C12H22O3/c1-3-11(2,15)9-12(10(13)14)7-5-4-6-8-12/h15H,3-9H2,1-2H3,(H,13,14). The molecule has 0 amide bonds. The Bertz CT molecular complexity index is 227. The van der Waals surface area contributed by atoms with Crippen LogP contribution < -0.4 is 0 Å². The highest BCUT2D eigenvalue weighted by Crippen LogP contribution is 2.43. The molecule has 2 N–H and O–H groups in total. The second kappa shape index (κ2) is 4.52. The lowest BCUT2D eigenvalue weighted by atomic mass is 9.68. The molecule has 3 heteroatoms. The maximum absolute atomic E-state index is 11.4. The molecule has 0 radical (unpaired) electrons. The second-order valence-corrected chi connectivity index (χ2v) is 5.17. The van der Waals surface area contributed by atoms with Crippen molar-refractivity contribution in [2.45, 2.75) is 64.4 Å². The van der Waals surface area contributed by atoms with Crippen molar-refractivity contribution < 1.29 is 15.0 Å². The largest absolute Gasteiger partial charge is 0.481 e. The van der Waals surface area contributed by atoms with Crippen molar-refractivity contribution in [1.29, 1.82) is 0 Å². The van der Waals surface area contributed by atoms with Crippen molar-refractivity contribution in [2.24, 2.45) is 5.41 Å². The molecule has 88 valence electrons. The summed E-state index contributed by atoms with van der Waals surface area (Å²) in [7, 11) is 0. The molecule has 0 spiro atoms. The molecule has 1 aliphatic rings. The van der Waals surface area contributed by atoms with Crippen LogP contribution in [0.5, 0.6) is 0 Å². The molecule has 1 aliphatic carbocycles. The lowest BCUT2D eigenvalue weighted by Crippen LogP contribution is -2.41. The van der Waals surface area contributed by atoms with Gasteiger partial charge >= 0.3 is 5.97 Å². The summed E-state index contributed by atoms with van der Waals surface area (Å²) in [6.45, 7) is 3.64. The van der Waals surface area contributed by atoms with E-state index in [0.717, 1.165) is 32.1 Å². The van der Waals surface area contributed by atoms with E-state index in [1.807, 2.05) is 6.92 Å². The molecule has 1 rings (SSSR count). The van der Waals surface area contributed by atoms with Crippen LogP contribution in [0, 0.1) is 5.41 Å². The van der Waals surface area contributed by atoms with Crippen LogP contribution in [0.1, 0.15) is 58.8 Å². The highest BCUT2D eigenvalue weighted by atomic mass is 16.4. The van der Waals surface area contributed by atoms with Crippen molar-refractivity contribution in [2.75, 3.05) is 0 Å². The topological polar surface area (TPSA) is 57.5 Å². The SMILES string of the molecule is CCC(C)(O)CC1(C(=O)O)CCCCC1. The van der Waals surface area contributed by atoms with Crippen LogP contribution in [0.15, 0.2) is 0 Å². The van der Waals surface area contributed by atoms with Gasteiger partial charge in [-0.25, -0.2) is 0 Å². The highest BCUT2D eigenvalue weighted by molar-refractivity contribution is 5.74. The Balaban J connectivity index is 2.77. The lowest BCUT2D eigenvalue weighted by Gasteiger charge is -2.38. The minimum Gasteiger partial charge on any atom is -0.481 e. The summed E-state index contributed by atoms with van der Waals surface area (Å²) in [6.07, 6.45) is 5.53. The predicted octanol–water partition coefficient (Wildman–Crippen LogP) is 2.57. The molecular formula is C12H22O3. The van der Waals surface area contributed by atoms with Crippen molar-refractivity contribution in [3.05, 3.63) is 0 Å². The summed E-state index contributed by atoms with van der Waals surface area (Å²) in [4.78, 5) is 11.4. The van der Waals surface area contributed by atoms with E-state index in [1.165, 1.54) is 0 Å². The van der Waals surface area contributed by atoms with E-state index in [0.29, 0.717) is 12.8 Å². The zero-order chi connectivity index (χ0) is 11.5. The van der Waals surface area contributed by atoms with E-state index in [1.54, 1.807) is 6.92 Å². The molecule has 0 saturated heterocycles. The number of hydrogen-bond donors (Lipinski definition) is 2. The number of carboxylic acid groups (broad SMARTS) is 1.